The zero-order valence-corrected chi connectivity index (χ0v) is 16.4. The van der Waals surface area contributed by atoms with Gasteiger partial charge in [-0.1, -0.05) is 11.6 Å². The van der Waals surface area contributed by atoms with E-state index in [0.29, 0.717) is 25.5 Å². The maximum absolute atomic E-state index is 11.3. The van der Waals surface area contributed by atoms with Gasteiger partial charge in [0.25, 0.3) is 0 Å². The highest BCUT2D eigenvalue weighted by Gasteiger charge is 2.04. The van der Waals surface area contributed by atoms with Gasteiger partial charge < -0.3 is 10.6 Å². The smallest absolute Gasteiger partial charge is 0.211 e. The van der Waals surface area contributed by atoms with Gasteiger partial charge in [-0.3, -0.25) is 4.99 Å². The van der Waals surface area contributed by atoms with Crippen molar-refractivity contribution in [3.8, 4) is 0 Å². The van der Waals surface area contributed by atoms with Crippen molar-refractivity contribution in [2.45, 2.75) is 18.2 Å². The molecule has 3 N–H and O–H groups in total. The van der Waals surface area contributed by atoms with Crippen LogP contribution in [0.15, 0.2) is 34.2 Å². The normalized spacial score (nSPS) is 12.2. The molecule has 0 saturated heterocycles. The Morgan fingerprint density at radius 2 is 1.83 bits per heavy atom. The molecule has 6 nitrogen and oxygen atoms in total. The third kappa shape index (κ3) is 9.36. The van der Waals surface area contributed by atoms with Crippen molar-refractivity contribution in [1.82, 2.24) is 15.4 Å². The minimum absolute atomic E-state index is 0.106. The van der Waals surface area contributed by atoms with Crippen LogP contribution in [0.1, 0.15) is 13.3 Å². The first-order valence-electron chi connectivity index (χ1n) is 7.77. The molecule has 1 aromatic rings. The number of halogens is 1. The highest BCUT2D eigenvalue weighted by Crippen LogP contribution is 2.19. The lowest BCUT2D eigenvalue weighted by Crippen LogP contribution is -2.39. The van der Waals surface area contributed by atoms with E-state index in [1.165, 1.54) is 4.90 Å². The second kappa shape index (κ2) is 11.6. The molecule has 0 amide bonds. The van der Waals surface area contributed by atoms with E-state index < -0.39 is 10.0 Å². The number of guanidine groups is 1. The van der Waals surface area contributed by atoms with Crippen molar-refractivity contribution in [2.24, 2.45) is 4.99 Å². The highest BCUT2D eigenvalue weighted by atomic mass is 35.5. The molecule has 0 spiro atoms. The lowest BCUT2D eigenvalue weighted by Gasteiger charge is -2.12. The molecule has 0 radical (unpaired) electrons. The van der Waals surface area contributed by atoms with E-state index in [9.17, 15) is 8.42 Å². The molecule has 0 atom stereocenters. The molecular formula is C15H25ClN4O2S2. The van der Waals surface area contributed by atoms with E-state index >= 15 is 0 Å². The average molecular weight is 393 g/mol. The molecule has 0 aromatic heterocycles. The monoisotopic (exact) mass is 392 g/mol. The van der Waals surface area contributed by atoms with Crippen LogP contribution in [0.3, 0.4) is 0 Å². The fourth-order valence-electron chi connectivity index (χ4n) is 1.71. The van der Waals surface area contributed by atoms with E-state index in [1.54, 1.807) is 25.7 Å². The number of benzene rings is 1. The van der Waals surface area contributed by atoms with E-state index in [-0.39, 0.29) is 5.75 Å². The van der Waals surface area contributed by atoms with Gasteiger partial charge in [-0.05, 0) is 37.6 Å². The lowest BCUT2D eigenvalue weighted by molar-refractivity contribution is 0.579. The molecule has 136 valence electrons. The molecule has 0 bridgehead atoms. The number of hydrogen-bond acceptors (Lipinski definition) is 4. The number of sulfonamides is 1. The van der Waals surface area contributed by atoms with E-state index in [0.717, 1.165) is 17.3 Å². The van der Waals surface area contributed by atoms with Gasteiger partial charge in [0.1, 0.15) is 0 Å². The number of nitrogens with zero attached hydrogens (tertiary/aromatic N) is 1. The summed E-state index contributed by atoms with van der Waals surface area (Å²) in [5.74, 6) is 1.72. The molecule has 1 aromatic carbocycles. The van der Waals surface area contributed by atoms with Crippen LogP contribution in [0.5, 0.6) is 0 Å². The molecule has 0 saturated carbocycles. The summed E-state index contributed by atoms with van der Waals surface area (Å²) < 4.78 is 25.1. The Bertz CT molecular complexity index is 606. The fourth-order valence-corrected chi connectivity index (χ4v) is 3.27. The first kappa shape index (κ1) is 21.1. The predicted molar refractivity (Wildman–Crippen MR) is 104 cm³/mol. The largest absolute Gasteiger partial charge is 0.356 e. The van der Waals surface area contributed by atoms with Gasteiger partial charge in [-0.2, -0.15) is 0 Å². The minimum Gasteiger partial charge on any atom is -0.356 e. The first-order chi connectivity index (χ1) is 11.5. The van der Waals surface area contributed by atoms with Crippen LogP contribution in [0.4, 0.5) is 0 Å². The van der Waals surface area contributed by atoms with Gasteiger partial charge in [-0.25, -0.2) is 13.1 Å². The maximum atomic E-state index is 11.3. The molecule has 0 unspecified atom stereocenters. The van der Waals surface area contributed by atoms with Crippen LogP contribution in [-0.4, -0.2) is 52.6 Å². The topological polar surface area (TPSA) is 82.6 Å². The Kier molecular flexibility index (Phi) is 10.2. The fraction of sp³-hybridized carbons (Fsp3) is 0.533. The van der Waals surface area contributed by atoms with Crippen LogP contribution >= 0.6 is 23.4 Å². The lowest BCUT2D eigenvalue weighted by atomic mass is 10.4. The van der Waals surface area contributed by atoms with E-state index in [2.05, 4.69) is 20.3 Å². The van der Waals surface area contributed by atoms with Crippen LogP contribution in [0.25, 0.3) is 0 Å². The summed E-state index contributed by atoms with van der Waals surface area (Å²) >= 11 is 7.59. The summed E-state index contributed by atoms with van der Waals surface area (Å²) in [5.41, 5.74) is 0. The van der Waals surface area contributed by atoms with E-state index in [1.807, 2.05) is 24.3 Å². The third-order valence-electron chi connectivity index (χ3n) is 3.05. The van der Waals surface area contributed by atoms with Crippen LogP contribution in [0.2, 0.25) is 5.02 Å². The third-order valence-corrected chi connectivity index (χ3v) is 5.72. The summed E-state index contributed by atoms with van der Waals surface area (Å²) in [4.78, 5) is 5.31. The highest BCUT2D eigenvalue weighted by molar-refractivity contribution is 7.99. The zero-order valence-electron chi connectivity index (χ0n) is 14.0. The van der Waals surface area contributed by atoms with Gasteiger partial charge in [-0.15, -0.1) is 11.8 Å². The zero-order chi connectivity index (χ0) is 17.8. The number of nitrogens with one attached hydrogen (secondary N) is 3. The van der Waals surface area contributed by atoms with Gasteiger partial charge >= 0.3 is 0 Å². The number of thioether (sulfide) groups is 1. The van der Waals surface area contributed by atoms with Crippen LogP contribution < -0.4 is 15.4 Å². The summed E-state index contributed by atoms with van der Waals surface area (Å²) in [6.45, 7) is 3.46. The molecule has 0 aliphatic heterocycles. The van der Waals surface area contributed by atoms with Crippen LogP contribution in [-0.2, 0) is 10.0 Å². The molecule has 0 aliphatic rings. The van der Waals surface area contributed by atoms with Crippen molar-refractivity contribution in [3.05, 3.63) is 29.3 Å². The molecule has 1 rings (SSSR count). The van der Waals surface area contributed by atoms with E-state index in [4.69, 9.17) is 11.6 Å². The number of aliphatic imine (C=N–C) groups is 1. The minimum atomic E-state index is -3.11. The first-order valence-corrected chi connectivity index (χ1v) is 10.8. The molecular weight excluding hydrogens is 368 g/mol. The quantitative estimate of drug-likeness (QED) is 0.245. The summed E-state index contributed by atoms with van der Waals surface area (Å²) in [6, 6.07) is 7.75. The maximum Gasteiger partial charge on any atom is 0.211 e. The van der Waals surface area contributed by atoms with Crippen molar-refractivity contribution in [3.63, 3.8) is 0 Å². The second-order valence-electron chi connectivity index (χ2n) is 4.88. The van der Waals surface area contributed by atoms with Crippen molar-refractivity contribution in [2.75, 3.05) is 38.2 Å². The summed E-state index contributed by atoms with van der Waals surface area (Å²) in [6.07, 6.45) is 0.694. The molecule has 0 aliphatic carbocycles. The van der Waals surface area contributed by atoms with Gasteiger partial charge in [0.05, 0.1) is 5.75 Å². The Balaban J connectivity index is 2.13. The molecule has 9 heteroatoms. The average Bonchev–Trinajstić information content (AvgIpc) is 2.58. The van der Waals surface area contributed by atoms with Gasteiger partial charge in [0.15, 0.2) is 5.96 Å². The van der Waals surface area contributed by atoms with Crippen molar-refractivity contribution >= 4 is 39.3 Å². The van der Waals surface area contributed by atoms with Crippen molar-refractivity contribution in [1.29, 1.82) is 0 Å². The van der Waals surface area contributed by atoms with Crippen LogP contribution in [0, 0.1) is 0 Å². The Morgan fingerprint density at radius 3 is 2.46 bits per heavy atom. The van der Waals surface area contributed by atoms with Gasteiger partial charge in [0, 0.05) is 42.4 Å². The Labute approximate surface area is 153 Å². The Morgan fingerprint density at radius 1 is 1.17 bits per heavy atom. The van der Waals surface area contributed by atoms with Crippen molar-refractivity contribution < 1.29 is 8.42 Å². The SMILES string of the molecule is CCS(=O)(=O)NCCCNC(=NC)NCCSc1ccc(Cl)cc1. The molecule has 0 fully saturated rings. The summed E-state index contributed by atoms with van der Waals surface area (Å²) in [7, 11) is -1.40. The standard InChI is InChI=1S/C15H25ClN4O2S2/c1-3-24(21,22)20-10-4-9-18-15(17-2)19-11-12-23-14-7-5-13(16)6-8-14/h5-8,20H,3-4,9-12H2,1-2H3,(H2,17,18,19). The summed E-state index contributed by atoms with van der Waals surface area (Å²) in [5, 5.41) is 7.12. The predicted octanol–water partition coefficient (Wildman–Crippen LogP) is 1.93. The molecule has 0 heterocycles. The van der Waals surface area contributed by atoms with Gasteiger partial charge in [0.2, 0.25) is 10.0 Å². The molecule has 24 heavy (non-hydrogen) atoms. The second-order valence-corrected chi connectivity index (χ2v) is 8.58. The number of hydrogen-bond donors (Lipinski definition) is 3. The Hall–Kier alpha value is -0.960. The number of rotatable bonds is 10.